The average Bonchev–Trinajstić information content (AvgIpc) is 2.01. The molecule has 3 nitrogen and oxygen atoms in total. The normalized spacial score (nSPS) is 14.5. The summed E-state index contributed by atoms with van der Waals surface area (Å²) in [4.78, 5) is 0. The van der Waals surface area contributed by atoms with Gasteiger partial charge in [0.1, 0.15) is 0 Å². The second kappa shape index (κ2) is 5.35. The van der Waals surface area contributed by atoms with Gasteiger partial charge in [-0.05, 0) is 13.8 Å². The van der Waals surface area contributed by atoms with Crippen LogP contribution < -0.4 is 5.32 Å². The molecule has 0 aromatic rings. The molecule has 84 valence electrons. The fourth-order valence-corrected chi connectivity index (χ4v) is 1.19. The van der Waals surface area contributed by atoms with Gasteiger partial charge < -0.3 is 5.32 Å². The Hall–Kier alpha value is 0.230. The van der Waals surface area contributed by atoms with Gasteiger partial charge in [0.15, 0.2) is 9.84 Å². The predicted molar refractivity (Wildman–Crippen MR) is 61.6 cm³/mol. The van der Waals surface area contributed by atoms with Crippen molar-refractivity contribution in [3.63, 3.8) is 0 Å². The van der Waals surface area contributed by atoms with Gasteiger partial charge in [0, 0.05) is 29.9 Å². The van der Waals surface area contributed by atoms with Crippen molar-refractivity contribution in [2.75, 3.05) is 19.3 Å². The molecule has 0 aromatic carbocycles. The van der Waals surface area contributed by atoms with Crippen LogP contribution in [0.5, 0.6) is 0 Å². The molecule has 0 aromatic heterocycles. The third-order valence-electron chi connectivity index (χ3n) is 1.97. The first kappa shape index (κ1) is 14.2. The predicted octanol–water partition coefficient (Wildman–Crippen LogP) is 1.72. The van der Waals surface area contributed by atoms with E-state index in [9.17, 15) is 8.42 Å². The van der Waals surface area contributed by atoms with Crippen LogP contribution in [-0.2, 0) is 9.84 Å². The van der Waals surface area contributed by atoms with Crippen molar-refractivity contribution in [1.29, 1.82) is 0 Å². The maximum Gasteiger partial charge on any atom is 0.153 e. The van der Waals surface area contributed by atoms with Gasteiger partial charge in [-0.2, -0.15) is 0 Å². The van der Waals surface area contributed by atoms with E-state index in [-0.39, 0.29) is 0 Å². The van der Waals surface area contributed by atoms with Gasteiger partial charge in [-0.3, -0.25) is 0 Å². The molecule has 0 aliphatic heterocycles. The minimum atomic E-state index is -3.07. The van der Waals surface area contributed by atoms with Crippen molar-refractivity contribution < 1.29 is 8.42 Å². The number of sulfone groups is 1. The summed E-state index contributed by atoms with van der Waals surface area (Å²) in [5.41, 5.74) is 1.25. The molecule has 6 heteroatoms. The molecule has 0 spiro atoms. The largest absolute Gasteiger partial charge is 0.310 e. The van der Waals surface area contributed by atoms with Crippen molar-refractivity contribution in [2.24, 2.45) is 0 Å². The summed E-state index contributed by atoms with van der Waals surface area (Å²) < 4.78 is 21.8. The number of hydrogen-bond acceptors (Lipinski definition) is 3. The minimum Gasteiger partial charge on any atom is -0.310 e. The molecule has 0 bridgehead atoms. The smallest absolute Gasteiger partial charge is 0.153 e. The van der Waals surface area contributed by atoms with E-state index in [2.05, 4.69) is 5.32 Å². The van der Waals surface area contributed by atoms with Gasteiger partial charge in [-0.25, -0.2) is 8.42 Å². The van der Waals surface area contributed by atoms with E-state index in [1.807, 2.05) is 0 Å². The molecule has 1 N–H and O–H groups in total. The molecular formula is C8H15Cl2NO2S. The van der Waals surface area contributed by atoms with Crippen molar-refractivity contribution >= 4 is 33.0 Å². The monoisotopic (exact) mass is 259 g/mol. The van der Waals surface area contributed by atoms with Crippen LogP contribution in [-0.4, -0.2) is 32.5 Å². The van der Waals surface area contributed by atoms with Crippen molar-refractivity contribution in [3.8, 4) is 0 Å². The quantitative estimate of drug-likeness (QED) is 0.818. The first-order valence-corrected chi connectivity index (χ1v) is 6.76. The van der Waals surface area contributed by atoms with Crippen molar-refractivity contribution in [3.05, 3.63) is 10.6 Å². The highest BCUT2D eigenvalue weighted by Crippen LogP contribution is 2.13. The molecule has 0 saturated heterocycles. The zero-order chi connectivity index (χ0) is 11.4. The van der Waals surface area contributed by atoms with Gasteiger partial charge in [0.2, 0.25) is 0 Å². The third kappa shape index (κ3) is 4.64. The van der Waals surface area contributed by atoms with E-state index in [0.717, 1.165) is 0 Å². The molecule has 0 amide bonds. The van der Waals surface area contributed by atoms with Gasteiger partial charge in [-0.1, -0.05) is 23.2 Å². The molecule has 0 fully saturated rings. The number of rotatable bonds is 5. The van der Waals surface area contributed by atoms with Gasteiger partial charge in [0.05, 0.1) is 4.75 Å². The molecule has 14 heavy (non-hydrogen) atoms. The van der Waals surface area contributed by atoms with E-state index in [1.54, 1.807) is 13.8 Å². The highest BCUT2D eigenvalue weighted by atomic mass is 35.5. The summed E-state index contributed by atoms with van der Waals surface area (Å²) >= 11 is 11.0. The second-order valence-corrected chi connectivity index (χ2v) is 7.04. The number of halogens is 2. The van der Waals surface area contributed by atoms with E-state index < -0.39 is 14.6 Å². The summed E-state index contributed by atoms with van der Waals surface area (Å²) in [6, 6.07) is 0. The van der Waals surface area contributed by atoms with Crippen LogP contribution in [0.25, 0.3) is 0 Å². The summed E-state index contributed by atoms with van der Waals surface area (Å²) in [6.45, 7) is 4.04. The Morgan fingerprint density at radius 1 is 1.50 bits per heavy atom. The van der Waals surface area contributed by atoms with Crippen molar-refractivity contribution in [1.82, 2.24) is 5.32 Å². The Kier molecular flexibility index (Phi) is 5.44. The SMILES string of the molecule is CC(C)(CNCC(Cl)=CCl)S(C)(=O)=O. The summed E-state index contributed by atoms with van der Waals surface area (Å²) in [5, 5.41) is 3.37. The lowest BCUT2D eigenvalue weighted by molar-refractivity contribution is 0.531. The van der Waals surface area contributed by atoms with Crippen LogP contribution in [0.15, 0.2) is 10.6 Å². The number of nitrogens with one attached hydrogen (secondary N) is 1. The Morgan fingerprint density at radius 2 is 2.00 bits per heavy atom. The molecule has 0 aliphatic carbocycles. The fraction of sp³-hybridized carbons (Fsp3) is 0.750. The lowest BCUT2D eigenvalue weighted by Crippen LogP contribution is -2.42. The molecule has 0 aliphatic rings. The van der Waals surface area contributed by atoms with Crippen LogP contribution in [0.3, 0.4) is 0 Å². The number of hydrogen-bond donors (Lipinski definition) is 1. The Bertz CT molecular complexity index is 309. The van der Waals surface area contributed by atoms with Crippen LogP contribution in [0.1, 0.15) is 13.8 Å². The first-order valence-electron chi connectivity index (χ1n) is 4.06. The minimum absolute atomic E-state index is 0.340. The Balaban J connectivity index is 4.15. The topological polar surface area (TPSA) is 46.2 Å². The van der Waals surface area contributed by atoms with Crippen LogP contribution in [0.2, 0.25) is 0 Å². The van der Waals surface area contributed by atoms with E-state index in [0.29, 0.717) is 18.1 Å². The Labute approximate surface area is 95.4 Å². The highest BCUT2D eigenvalue weighted by Gasteiger charge is 2.29. The lowest BCUT2D eigenvalue weighted by Gasteiger charge is -2.22. The van der Waals surface area contributed by atoms with Crippen LogP contribution in [0, 0.1) is 0 Å². The zero-order valence-corrected chi connectivity index (χ0v) is 10.8. The maximum absolute atomic E-state index is 11.3. The standard InChI is InChI=1S/C8H15Cl2NO2S/c1-8(2,14(3,12)13)6-11-5-7(10)4-9/h4,11H,5-6H2,1-3H3. The highest BCUT2D eigenvalue weighted by molar-refractivity contribution is 7.92. The molecule has 0 saturated carbocycles. The summed E-state index contributed by atoms with van der Waals surface area (Å²) in [7, 11) is -3.07. The van der Waals surface area contributed by atoms with E-state index in [1.165, 1.54) is 11.8 Å². The molecule has 0 atom stereocenters. The van der Waals surface area contributed by atoms with Gasteiger partial charge in [-0.15, -0.1) is 0 Å². The zero-order valence-electron chi connectivity index (χ0n) is 8.47. The molecule has 0 heterocycles. The lowest BCUT2D eigenvalue weighted by atomic mass is 10.2. The Morgan fingerprint density at radius 3 is 2.36 bits per heavy atom. The molecule has 0 radical (unpaired) electrons. The van der Waals surface area contributed by atoms with Crippen LogP contribution in [0.4, 0.5) is 0 Å². The third-order valence-corrected chi connectivity index (χ3v) is 4.74. The van der Waals surface area contributed by atoms with Gasteiger partial charge >= 0.3 is 0 Å². The second-order valence-electron chi connectivity index (χ2n) is 3.69. The van der Waals surface area contributed by atoms with Crippen molar-refractivity contribution in [2.45, 2.75) is 18.6 Å². The average molecular weight is 260 g/mol. The maximum atomic E-state index is 11.3. The molecule has 0 unspecified atom stereocenters. The van der Waals surface area contributed by atoms with Crippen LogP contribution >= 0.6 is 23.2 Å². The van der Waals surface area contributed by atoms with Gasteiger partial charge in [0.25, 0.3) is 0 Å². The summed E-state index contributed by atoms with van der Waals surface area (Å²) in [6.07, 6.45) is 1.22. The fourth-order valence-electron chi connectivity index (χ4n) is 0.653. The molecule has 0 rings (SSSR count). The first-order chi connectivity index (χ1) is 6.20. The van der Waals surface area contributed by atoms with E-state index >= 15 is 0 Å². The van der Waals surface area contributed by atoms with E-state index in [4.69, 9.17) is 23.2 Å². The summed E-state index contributed by atoms with van der Waals surface area (Å²) in [5.74, 6) is 0. The molecular weight excluding hydrogens is 245 g/mol.